The van der Waals surface area contributed by atoms with Crippen LogP contribution in [-0.4, -0.2) is 16.9 Å². The predicted molar refractivity (Wildman–Crippen MR) is 126 cm³/mol. The van der Waals surface area contributed by atoms with Gasteiger partial charge in [-0.3, -0.25) is 9.78 Å². The van der Waals surface area contributed by atoms with Gasteiger partial charge in [-0.05, 0) is 48.4 Å². The summed E-state index contributed by atoms with van der Waals surface area (Å²) in [7, 11) is 0. The topological polar surface area (TPSA) is 54.0 Å². The van der Waals surface area contributed by atoms with Gasteiger partial charge in [0.05, 0.1) is 5.69 Å². The van der Waals surface area contributed by atoms with Crippen LogP contribution in [0.4, 0.5) is 5.69 Å². The fraction of sp³-hybridized carbons (Fsp3) is 0.111. The molecule has 1 aromatic heterocycles. The molecule has 2 aromatic carbocycles. The summed E-state index contributed by atoms with van der Waals surface area (Å²) in [6, 6.07) is 24.3. The average Bonchev–Trinajstić information content (AvgIpc) is 3.59. The van der Waals surface area contributed by atoms with Gasteiger partial charge in [-0.2, -0.15) is 0 Å². The van der Waals surface area contributed by atoms with Crippen LogP contribution in [-0.2, 0) is 4.79 Å². The number of hydrogen-bond acceptors (Lipinski definition) is 3. The van der Waals surface area contributed by atoms with Gasteiger partial charge >= 0.3 is 0 Å². The smallest absolute Gasteiger partial charge is 0.251 e. The molecule has 2 N–H and O–H groups in total. The van der Waals surface area contributed by atoms with Gasteiger partial charge in [0.1, 0.15) is 0 Å². The van der Waals surface area contributed by atoms with Crippen molar-refractivity contribution in [2.24, 2.45) is 0 Å². The second-order valence-corrected chi connectivity index (χ2v) is 7.46. The second-order valence-electron chi connectivity index (χ2n) is 7.46. The number of amides is 1. The van der Waals surface area contributed by atoms with Gasteiger partial charge < -0.3 is 10.6 Å². The largest absolute Gasteiger partial charge is 0.362 e. The molecule has 0 radical (unpaired) electrons. The minimum absolute atomic E-state index is 0.0909. The lowest BCUT2D eigenvalue weighted by Crippen LogP contribution is -2.27. The van der Waals surface area contributed by atoms with E-state index >= 15 is 0 Å². The normalized spacial score (nSPS) is 17.9. The summed E-state index contributed by atoms with van der Waals surface area (Å²) in [5, 5.41) is 6.34. The number of carbonyl (C=O) groups excluding carboxylic acids is 1. The summed E-state index contributed by atoms with van der Waals surface area (Å²) in [4.78, 5) is 17.1. The number of allylic oxidation sites excluding steroid dienone is 2. The van der Waals surface area contributed by atoms with Gasteiger partial charge in [0.15, 0.2) is 0 Å². The van der Waals surface area contributed by atoms with Gasteiger partial charge in [-0.25, -0.2) is 0 Å². The maximum atomic E-state index is 12.7. The highest BCUT2D eigenvalue weighted by Crippen LogP contribution is 2.40. The Hall–Kier alpha value is -3.92. The lowest BCUT2D eigenvalue weighted by atomic mass is 10.1. The molecule has 1 heterocycles. The quantitative estimate of drug-likeness (QED) is 0.385. The Balaban J connectivity index is 1.33. The van der Waals surface area contributed by atoms with Crippen molar-refractivity contribution in [3.8, 4) is 11.3 Å². The zero-order valence-corrected chi connectivity index (χ0v) is 17.2. The van der Waals surface area contributed by atoms with E-state index in [1.807, 2.05) is 60.7 Å². The van der Waals surface area contributed by atoms with Crippen molar-refractivity contribution in [2.75, 3.05) is 5.32 Å². The number of rotatable bonds is 8. The number of carbonyl (C=O) groups is 1. The third-order valence-corrected chi connectivity index (χ3v) is 5.25. The summed E-state index contributed by atoms with van der Waals surface area (Å²) in [6.45, 7) is 3.73. The van der Waals surface area contributed by atoms with E-state index in [-0.39, 0.29) is 11.9 Å². The molecule has 1 aliphatic rings. The van der Waals surface area contributed by atoms with Gasteiger partial charge in [0.25, 0.3) is 5.91 Å². The first-order valence-electron chi connectivity index (χ1n) is 10.4. The number of anilines is 1. The van der Waals surface area contributed by atoms with Crippen molar-refractivity contribution in [2.45, 2.75) is 18.4 Å². The molecule has 4 nitrogen and oxygen atoms in total. The standard InChI is InChI=1S/C27H25N3O/c1-2-8-22(27(31)30-26-19-24(26)20-9-4-3-5-10-20)16-18-28-23-14-12-21(13-15-23)25-11-6-7-17-29-25/h2-18,24,26,28H,1,19H2,(H,30,31)/b18-16+,22-8+. The van der Waals surface area contributed by atoms with Crippen LogP contribution in [0, 0.1) is 0 Å². The van der Waals surface area contributed by atoms with Gasteiger partial charge in [0, 0.05) is 41.2 Å². The van der Waals surface area contributed by atoms with E-state index in [1.54, 1.807) is 30.6 Å². The van der Waals surface area contributed by atoms with Crippen molar-refractivity contribution >= 4 is 11.6 Å². The van der Waals surface area contributed by atoms with Gasteiger partial charge in [-0.15, -0.1) is 0 Å². The molecule has 4 rings (SSSR count). The molecule has 2 unspecified atom stereocenters. The minimum Gasteiger partial charge on any atom is -0.362 e. The SMILES string of the molecule is C=C/C=C(\C=C\Nc1ccc(-c2ccccn2)cc1)C(=O)NC1CC1c1ccccc1. The molecule has 154 valence electrons. The lowest BCUT2D eigenvalue weighted by Gasteiger charge is -2.07. The van der Waals surface area contributed by atoms with Crippen LogP contribution in [0.3, 0.4) is 0 Å². The van der Waals surface area contributed by atoms with E-state index < -0.39 is 0 Å². The molecule has 1 saturated carbocycles. The molecular formula is C27H25N3O. The number of hydrogen-bond donors (Lipinski definition) is 2. The highest BCUT2D eigenvalue weighted by atomic mass is 16.1. The average molecular weight is 408 g/mol. The molecule has 31 heavy (non-hydrogen) atoms. The van der Waals surface area contributed by atoms with Crippen molar-refractivity contribution in [1.82, 2.24) is 10.3 Å². The number of nitrogens with one attached hydrogen (secondary N) is 2. The summed E-state index contributed by atoms with van der Waals surface area (Å²) >= 11 is 0. The summed E-state index contributed by atoms with van der Waals surface area (Å²) in [5.74, 6) is 0.307. The Bertz CT molecular complexity index is 1090. The van der Waals surface area contributed by atoms with Gasteiger partial charge in [0.2, 0.25) is 0 Å². The van der Waals surface area contributed by atoms with Crippen molar-refractivity contribution < 1.29 is 4.79 Å². The van der Waals surface area contributed by atoms with Crippen molar-refractivity contribution in [1.29, 1.82) is 0 Å². The van der Waals surface area contributed by atoms with Crippen LogP contribution in [0.25, 0.3) is 11.3 Å². The maximum absolute atomic E-state index is 12.7. The third kappa shape index (κ3) is 5.37. The Labute approximate surface area is 183 Å². The van der Waals surface area contributed by atoms with Crippen LogP contribution < -0.4 is 10.6 Å². The molecule has 2 atom stereocenters. The summed E-state index contributed by atoms with van der Waals surface area (Å²) in [5.41, 5.74) is 4.76. The van der Waals surface area contributed by atoms with E-state index in [4.69, 9.17) is 0 Å². The number of pyridine rings is 1. The van der Waals surface area contributed by atoms with Crippen LogP contribution in [0.15, 0.2) is 116 Å². The zero-order chi connectivity index (χ0) is 21.5. The number of benzene rings is 2. The summed E-state index contributed by atoms with van der Waals surface area (Å²) < 4.78 is 0. The van der Waals surface area contributed by atoms with Crippen molar-refractivity contribution in [3.63, 3.8) is 0 Å². The fourth-order valence-electron chi connectivity index (χ4n) is 3.51. The predicted octanol–water partition coefficient (Wildman–Crippen LogP) is 5.46. The second kappa shape index (κ2) is 9.72. The van der Waals surface area contributed by atoms with Crippen molar-refractivity contribution in [3.05, 3.63) is 121 Å². The molecule has 3 aromatic rings. The lowest BCUT2D eigenvalue weighted by molar-refractivity contribution is -0.117. The fourth-order valence-corrected chi connectivity index (χ4v) is 3.51. The van der Waals surface area contributed by atoms with Crippen LogP contribution in [0.2, 0.25) is 0 Å². The number of aromatic nitrogens is 1. The van der Waals surface area contributed by atoms with Crippen LogP contribution >= 0.6 is 0 Å². The van der Waals surface area contributed by atoms with E-state index in [2.05, 4.69) is 34.3 Å². The minimum atomic E-state index is -0.0909. The highest BCUT2D eigenvalue weighted by molar-refractivity contribution is 5.97. The van der Waals surface area contributed by atoms with Crippen LogP contribution in [0.5, 0.6) is 0 Å². The molecule has 1 amide bonds. The first-order valence-corrected chi connectivity index (χ1v) is 10.4. The Morgan fingerprint density at radius 1 is 1.00 bits per heavy atom. The Morgan fingerprint density at radius 2 is 1.77 bits per heavy atom. The molecule has 0 aliphatic heterocycles. The van der Waals surface area contributed by atoms with E-state index in [0.717, 1.165) is 23.4 Å². The highest BCUT2D eigenvalue weighted by Gasteiger charge is 2.39. The summed E-state index contributed by atoms with van der Waals surface area (Å²) in [6.07, 6.45) is 9.64. The third-order valence-electron chi connectivity index (χ3n) is 5.25. The van der Waals surface area contributed by atoms with E-state index in [9.17, 15) is 4.79 Å². The first kappa shape index (κ1) is 20.4. The number of nitrogens with zero attached hydrogens (tertiary/aromatic N) is 1. The van der Waals surface area contributed by atoms with Crippen LogP contribution in [0.1, 0.15) is 17.9 Å². The molecule has 0 saturated heterocycles. The molecular weight excluding hydrogens is 382 g/mol. The zero-order valence-electron chi connectivity index (χ0n) is 17.2. The maximum Gasteiger partial charge on any atom is 0.251 e. The van der Waals surface area contributed by atoms with E-state index in [0.29, 0.717) is 11.5 Å². The van der Waals surface area contributed by atoms with E-state index in [1.165, 1.54) is 5.56 Å². The first-order chi connectivity index (χ1) is 15.2. The molecule has 1 fully saturated rings. The molecule has 0 bridgehead atoms. The molecule has 4 heteroatoms. The Morgan fingerprint density at radius 3 is 2.48 bits per heavy atom. The molecule has 1 aliphatic carbocycles. The molecule has 0 spiro atoms. The monoisotopic (exact) mass is 407 g/mol. The van der Waals surface area contributed by atoms with Gasteiger partial charge in [-0.1, -0.05) is 61.2 Å². The Kier molecular flexibility index (Phi) is 6.38.